The van der Waals surface area contributed by atoms with E-state index in [-0.39, 0.29) is 11.9 Å². The van der Waals surface area contributed by atoms with Crippen molar-refractivity contribution < 1.29 is 9.53 Å². The maximum atomic E-state index is 11.3. The van der Waals surface area contributed by atoms with Crippen molar-refractivity contribution in [3.63, 3.8) is 0 Å². The van der Waals surface area contributed by atoms with E-state index in [1.54, 1.807) is 6.92 Å². The predicted molar refractivity (Wildman–Crippen MR) is 66.2 cm³/mol. The number of aromatic nitrogens is 2. The van der Waals surface area contributed by atoms with Crippen LogP contribution in [-0.2, 0) is 9.53 Å². The summed E-state index contributed by atoms with van der Waals surface area (Å²) in [5, 5.41) is 3.37. The number of halogens is 1. The number of hydrogen-bond donors (Lipinski definition) is 1. The molecule has 6 heteroatoms. The molecule has 0 aliphatic heterocycles. The zero-order valence-corrected chi connectivity index (χ0v) is 11.1. The van der Waals surface area contributed by atoms with E-state index in [0.29, 0.717) is 11.0 Å². The van der Waals surface area contributed by atoms with E-state index in [0.717, 1.165) is 5.56 Å². The van der Waals surface area contributed by atoms with Gasteiger partial charge in [0.05, 0.1) is 7.11 Å². The summed E-state index contributed by atoms with van der Waals surface area (Å²) in [7, 11) is 1.34. The van der Waals surface area contributed by atoms with Crippen LogP contribution in [0.15, 0.2) is 6.33 Å². The lowest BCUT2D eigenvalue weighted by Gasteiger charge is -2.17. The smallest absolute Gasteiger partial charge is 0.328 e. The van der Waals surface area contributed by atoms with E-state index in [9.17, 15) is 4.79 Å². The molecule has 0 spiro atoms. The van der Waals surface area contributed by atoms with Crippen molar-refractivity contribution in [3.8, 4) is 0 Å². The lowest BCUT2D eigenvalue weighted by atomic mass is 10.1. The maximum absolute atomic E-state index is 11.3. The van der Waals surface area contributed by atoms with Gasteiger partial charge in [-0.2, -0.15) is 0 Å². The Morgan fingerprint density at radius 1 is 1.41 bits per heavy atom. The van der Waals surface area contributed by atoms with Gasteiger partial charge in [-0.3, -0.25) is 0 Å². The number of nitrogens with one attached hydrogen (secondary N) is 1. The monoisotopic (exact) mass is 257 g/mol. The number of methoxy groups -OCH3 is 1. The minimum absolute atomic E-state index is 0.163. The van der Waals surface area contributed by atoms with Gasteiger partial charge in [0.2, 0.25) is 0 Å². The number of carbonyl (C=O) groups excluding carboxylic acids is 1. The molecule has 94 valence electrons. The minimum Gasteiger partial charge on any atom is -0.467 e. The summed E-state index contributed by atoms with van der Waals surface area (Å²) < 4.78 is 4.64. The first-order valence-electron chi connectivity index (χ1n) is 5.32. The van der Waals surface area contributed by atoms with Crippen molar-refractivity contribution in [2.45, 2.75) is 32.7 Å². The topological polar surface area (TPSA) is 64.1 Å². The molecule has 1 unspecified atom stereocenters. The van der Waals surface area contributed by atoms with Crippen LogP contribution in [0.1, 0.15) is 32.3 Å². The fourth-order valence-corrected chi connectivity index (χ4v) is 1.79. The third-order valence-corrected chi connectivity index (χ3v) is 2.62. The lowest BCUT2D eigenvalue weighted by molar-refractivity contribution is -0.141. The molecule has 0 aromatic carbocycles. The number of rotatable bonds is 4. The van der Waals surface area contributed by atoms with Gasteiger partial charge in [-0.05, 0) is 12.8 Å². The summed E-state index contributed by atoms with van der Waals surface area (Å²) in [4.78, 5) is 19.4. The van der Waals surface area contributed by atoms with Gasteiger partial charge in [0.25, 0.3) is 0 Å². The van der Waals surface area contributed by atoms with Crippen molar-refractivity contribution in [1.29, 1.82) is 0 Å². The Morgan fingerprint density at radius 2 is 2.06 bits per heavy atom. The fraction of sp³-hybridized carbons (Fsp3) is 0.545. The van der Waals surface area contributed by atoms with Crippen molar-refractivity contribution >= 4 is 23.4 Å². The van der Waals surface area contributed by atoms with Gasteiger partial charge in [0.15, 0.2) is 0 Å². The fourth-order valence-electron chi connectivity index (χ4n) is 1.44. The molecule has 1 heterocycles. The molecule has 1 aromatic heterocycles. The van der Waals surface area contributed by atoms with Gasteiger partial charge < -0.3 is 10.1 Å². The molecule has 1 aromatic rings. The van der Waals surface area contributed by atoms with E-state index in [2.05, 4.69) is 20.0 Å². The zero-order valence-electron chi connectivity index (χ0n) is 10.3. The van der Waals surface area contributed by atoms with E-state index in [1.807, 2.05) is 13.8 Å². The van der Waals surface area contributed by atoms with Crippen LogP contribution in [0, 0.1) is 0 Å². The molecule has 0 aliphatic carbocycles. The number of carbonyl (C=O) groups is 1. The summed E-state index contributed by atoms with van der Waals surface area (Å²) in [5.41, 5.74) is 0.796. The van der Waals surface area contributed by atoms with Crippen molar-refractivity contribution in [1.82, 2.24) is 9.97 Å². The summed E-state index contributed by atoms with van der Waals surface area (Å²) in [6.07, 6.45) is 1.36. The van der Waals surface area contributed by atoms with Gasteiger partial charge in [-0.1, -0.05) is 25.4 Å². The molecule has 1 N–H and O–H groups in total. The number of ether oxygens (including phenoxy) is 1. The lowest BCUT2D eigenvalue weighted by Crippen LogP contribution is -2.28. The van der Waals surface area contributed by atoms with Crippen LogP contribution in [0.25, 0.3) is 0 Å². The molecule has 0 saturated carbocycles. The first kappa shape index (κ1) is 13.7. The first-order valence-corrected chi connectivity index (χ1v) is 5.70. The van der Waals surface area contributed by atoms with E-state index < -0.39 is 6.04 Å². The highest BCUT2D eigenvalue weighted by Crippen LogP contribution is 2.28. The Labute approximate surface area is 106 Å². The summed E-state index contributed by atoms with van der Waals surface area (Å²) >= 11 is 6.01. The van der Waals surface area contributed by atoms with Gasteiger partial charge in [-0.15, -0.1) is 0 Å². The highest BCUT2D eigenvalue weighted by atomic mass is 35.5. The normalized spacial score (nSPS) is 12.4. The third-order valence-electron chi connectivity index (χ3n) is 2.32. The van der Waals surface area contributed by atoms with E-state index >= 15 is 0 Å². The Hall–Kier alpha value is -1.36. The van der Waals surface area contributed by atoms with Crippen LogP contribution in [0.5, 0.6) is 0 Å². The maximum Gasteiger partial charge on any atom is 0.328 e. The van der Waals surface area contributed by atoms with Gasteiger partial charge in [-0.25, -0.2) is 14.8 Å². The number of hydrogen-bond acceptors (Lipinski definition) is 5. The van der Waals surface area contributed by atoms with Gasteiger partial charge in [0, 0.05) is 5.56 Å². The standard InChI is InChI=1S/C11H16ClN3O2/c1-6(2)8-9(12)13-5-14-10(8)15-7(3)11(16)17-4/h5-7H,1-4H3,(H,13,14,15). The van der Waals surface area contributed by atoms with Crippen LogP contribution in [0.2, 0.25) is 5.15 Å². The average molecular weight is 258 g/mol. The third kappa shape index (κ3) is 3.30. The van der Waals surface area contributed by atoms with Crippen LogP contribution < -0.4 is 5.32 Å². The molecule has 0 radical (unpaired) electrons. The first-order chi connectivity index (χ1) is 7.97. The second-order valence-electron chi connectivity index (χ2n) is 3.97. The van der Waals surface area contributed by atoms with Crippen LogP contribution in [0.4, 0.5) is 5.82 Å². The molecule has 17 heavy (non-hydrogen) atoms. The average Bonchev–Trinajstić information content (AvgIpc) is 2.27. The van der Waals surface area contributed by atoms with Crippen LogP contribution >= 0.6 is 11.6 Å². The largest absolute Gasteiger partial charge is 0.467 e. The molecular weight excluding hydrogens is 242 g/mol. The van der Waals surface area contributed by atoms with Crippen LogP contribution in [0.3, 0.4) is 0 Å². The Kier molecular flexibility index (Phi) is 4.69. The Bertz CT molecular complexity index is 410. The van der Waals surface area contributed by atoms with Gasteiger partial charge >= 0.3 is 5.97 Å². The molecule has 0 fully saturated rings. The number of esters is 1. The highest BCUT2D eigenvalue weighted by Gasteiger charge is 2.18. The number of anilines is 1. The predicted octanol–water partition coefficient (Wildman–Crippen LogP) is 2.23. The van der Waals surface area contributed by atoms with Crippen molar-refractivity contribution in [2.75, 3.05) is 12.4 Å². The quantitative estimate of drug-likeness (QED) is 0.662. The second-order valence-corrected chi connectivity index (χ2v) is 4.33. The molecule has 0 amide bonds. The molecule has 1 atom stereocenters. The Balaban J connectivity index is 2.98. The minimum atomic E-state index is -0.483. The van der Waals surface area contributed by atoms with Crippen molar-refractivity contribution in [3.05, 3.63) is 17.0 Å². The van der Waals surface area contributed by atoms with Crippen molar-refractivity contribution in [2.24, 2.45) is 0 Å². The molecular formula is C11H16ClN3O2. The van der Waals surface area contributed by atoms with E-state index in [1.165, 1.54) is 13.4 Å². The van der Waals surface area contributed by atoms with E-state index in [4.69, 9.17) is 11.6 Å². The summed E-state index contributed by atoms with van der Waals surface area (Å²) in [5.74, 6) is 0.378. The SMILES string of the molecule is COC(=O)C(C)Nc1ncnc(Cl)c1C(C)C. The summed E-state index contributed by atoms with van der Waals surface area (Å²) in [6, 6.07) is -0.483. The summed E-state index contributed by atoms with van der Waals surface area (Å²) in [6.45, 7) is 5.67. The number of nitrogens with zero attached hydrogens (tertiary/aromatic N) is 2. The Morgan fingerprint density at radius 3 is 2.59 bits per heavy atom. The molecule has 0 bridgehead atoms. The highest BCUT2D eigenvalue weighted by molar-refractivity contribution is 6.30. The molecule has 0 saturated heterocycles. The second kappa shape index (κ2) is 5.82. The van der Waals surface area contributed by atoms with Crippen LogP contribution in [-0.4, -0.2) is 29.1 Å². The molecule has 5 nitrogen and oxygen atoms in total. The zero-order chi connectivity index (χ0) is 13.0. The molecule has 1 rings (SSSR count). The van der Waals surface area contributed by atoms with Gasteiger partial charge in [0.1, 0.15) is 23.3 Å². The molecule has 0 aliphatic rings.